The molecule has 1 N–H and O–H groups in total. The van der Waals surface area contributed by atoms with Crippen molar-refractivity contribution in [3.05, 3.63) is 36.0 Å². The van der Waals surface area contributed by atoms with Crippen molar-refractivity contribution >= 4 is 11.8 Å². The second-order valence-electron chi connectivity index (χ2n) is 8.38. The number of nitrogens with zero attached hydrogens (tertiary/aromatic N) is 3. The Morgan fingerprint density at radius 2 is 2.07 bits per heavy atom. The van der Waals surface area contributed by atoms with Gasteiger partial charge >= 0.3 is 0 Å². The highest BCUT2D eigenvalue weighted by Crippen LogP contribution is 2.40. The van der Waals surface area contributed by atoms with Crippen LogP contribution in [0.15, 0.2) is 30.3 Å². The van der Waals surface area contributed by atoms with Crippen molar-refractivity contribution in [2.24, 2.45) is 0 Å². The first-order valence-corrected chi connectivity index (χ1v) is 10.8. The minimum absolute atomic E-state index is 0.0267. The van der Waals surface area contributed by atoms with Crippen LogP contribution < -0.4 is 4.74 Å². The first-order valence-electron chi connectivity index (χ1n) is 10.8. The number of piperidine rings is 2. The van der Waals surface area contributed by atoms with E-state index in [4.69, 9.17) is 4.74 Å². The van der Waals surface area contributed by atoms with Crippen LogP contribution in [0.1, 0.15) is 56.9 Å². The third-order valence-corrected chi connectivity index (χ3v) is 6.56. The van der Waals surface area contributed by atoms with Gasteiger partial charge < -0.3 is 14.5 Å². The van der Waals surface area contributed by atoms with Gasteiger partial charge in [-0.1, -0.05) is 12.1 Å². The molecule has 0 radical (unpaired) electrons. The number of carbonyl (C=O) groups excluding carboxylic acids is 2. The summed E-state index contributed by atoms with van der Waals surface area (Å²) in [6.07, 6.45) is 3.65. The number of amides is 2. The Bertz CT molecular complexity index is 940. The molecule has 2 aromatic rings. The van der Waals surface area contributed by atoms with Gasteiger partial charge in [0.25, 0.3) is 5.91 Å². The Kier molecular flexibility index (Phi) is 5.54. The lowest BCUT2D eigenvalue weighted by molar-refractivity contribution is -0.143. The molecule has 2 aliphatic rings. The average Bonchev–Trinajstić information content (AvgIpc) is 3.22. The van der Waals surface area contributed by atoms with Crippen molar-refractivity contribution in [1.82, 2.24) is 20.0 Å². The van der Waals surface area contributed by atoms with E-state index in [1.807, 2.05) is 41.0 Å². The number of aromatic nitrogens is 2. The molecular formula is C23H30N4O3. The number of ether oxygens (including phenoxy) is 1. The maximum absolute atomic E-state index is 13.4. The summed E-state index contributed by atoms with van der Waals surface area (Å²) < 4.78 is 5.71. The van der Waals surface area contributed by atoms with Crippen LogP contribution >= 0.6 is 0 Å². The van der Waals surface area contributed by atoms with Crippen LogP contribution in [0.5, 0.6) is 5.75 Å². The van der Waals surface area contributed by atoms with Gasteiger partial charge in [-0.25, -0.2) is 0 Å². The summed E-state index contributed by atoms with van der Waals surface area (Å²) >= 11 is 0. The zero-order valence-electron chi connectivity index (χ0n) is 18.0. The molecule has 7 heteroatoms. The number of likely N-dealkylation sites (tertiary alicyclic amines) is 2. The van der Waals surface area contributed by atoms with E-state index in [0.29, 0.717) is 24.5 Å². The average molecular weight is 411 g/mol. The largest absolute Gasteiger partial charge is 0.493 e. The second-order valence-corrected chi connectivity index (χ2v) is 8.38. The molecular weight excluding hydrogens is 380 g/mol. The summed E-state index contributed by atoms with van der Waals surface area (Å²) in [5.41, 5.74) is 1.72. The lowest BCUT2D eigenvalue weighted by atomic mass is 9.76. The monoisotopic (exact) mass is 410 g/mol. The molecule has 2 amide bonds. The van der Waals surface area contributed by atoms with Crippen molar-refractivity contribution in [2.75, 3.05) is 19.7 Å². The SMILES string of the molecule is CCOc1ccccc1-c1cc(C(=O)N2CCC[C@@]3(C)[C@@H]2CCCN3C(C)=O)[nH]n1. The number of fused-ring (bicyclic) bond motifs is 1. The number of hydrogen-bond acceptors (Lipinski definition) is 4. The number of aromatic amines is 1. The number of benzene rings is 1. The van der Waals surface area contributed by atoms with E-state index < -0.39 is 0 Å². The van der Waals surface area contributed by atoms with Gasteiger partial charge in [0.1, 0.15) is 11.4 Å². The molecule has 7 nitrogen and oxygen atoms in total. The highest BCUT2D eigenvalue weighted by atomic mass is 16.5. The van der Waals surface area contributed by atoms with Gasteiger partial charge in [0.2, 0.25) is 5.91 Å². The Morgan fingerprint density at radius 1 is 1.27 bits per heavy atom. The zero-order chi connectivity index (χ0) is 21.3. The highest BCUT2D eigenvalue weighted by molar-refractivity contribution is 5.94. The third kappa shape index (κ3) is 3.46. The summed E-state index contributed by atoms with van der Waals surface area (Å²) in [7, 11) is 0. The number of hydrogen-bond donors (Lipinski definition) is 1. The van der Waals surface area contributed by atoms with Crippen LogP contribution in [-0.4, -0.2) is 63.1 Å². The van der Waals surface area contributed by atoms with Gasteiger partial charge in [-0.3, -0.25) is 14.7 Å². The van der Waals surface area contributed by atoms with Gasteiger partial charge in [-0.2, -0.15) is 5.10 Å². The number of H-pyrrole nitrogens is 1. The first-order chi connectivity index (χ1) is 14.5. The predicted octanol–water partition coefficient (Wildman–Crippen LogP) is 3.48. The van der Waals surface area contributed by atoms with Gasteiger partial charge in [0, 0.05) is 25.6 Å². The van der Waals surface area contributed by atoms with E-state index in [1.54, 1.807) is 13.0 Å². The van der Waals surface area contributed by atoms with Crippen LogP contribution in [0.4, 0.5) is 0 Å². The molecule has 0 spiro atoms. The van der Waals surface area contributed by atoms with Crippen LogP contribution in [0.2, 0.25) is 0 Å². The van der Waals surface area contributed by atoms with Gasteiger partial charge in [0.15, 0.2) is 0 Å². The van der Waals surface area contributed by atoms with Crippen molar-refractivity contribution in [3.63, 3.8) is 0 Å². The fourth-order valence-corrected chi connectivity index (χ4v) is 5.19. The molecule has 160 valence electrons. The number of para-hydroxylation sites is 1. The molecule has 2 saturated heterocycles. The van der Waals surface area contributed by atoms with E-state index in [1.165, 1.54) is 0 Å². The van der Waals surface area contributed by atoms with E-state index in [-0.39, 0.29) is 23.4 Å². The zero-order valence-corrected chi connectivity index (χ0v) is 18.0. The maximum atomic E-state index is 13.4. The minimum atomic E-state index is -0.303. The van der Waals surface area contributed by atoms with Crippen LogP contribution in [0.3, 0.4) is 0 Å². The predicted molar refractivity (Wildman–Crippen MR) is 114 cm³/mol. The van der Waals surface area contributed by atoms with Crippen molar-refractivity contribution in [3.8, 4) is 17.0 Å². The summed E-state index contributed by atoms with van der Waals surface area (Å²) in [6.45, 7) is 7.74. The molecule has 0 bridgehead atoms. The van der Waals surface area contributed by atoms with Gasteiger partial charge in [0.05, 0.1) is 23.9 Å². The van der Waals surface area contributed by atoms with Crippen LogP contribution in [-0.2, 0) is 4.79 Å². The lowest BCUT2D eigenvalue weighted by Crippen LogP contribution is -2.68. The molecule has 4 rings (SSSR count). The molecule has 2 aliphatic heterocycles. The van der Waals surface area contributed by atoms with Crippen molar-refractivity contribution in [2.45, 2.75) is 58.0 Å². The van der Waals surface area contributed by atoms with E-state index >= 15 is 0 Å². The highest BCUT2D eigenvalue weighted by Gasteiger charge is 2.49. The molecule has 0 aliphatic carbocycles. The smallest absolute Gasteiger partial charge is 0.272 e. The molecule has 1 aromatic carbocycles. The number of rotatable bonds is 4. The van der Waals surface area contributed by atoms with E-state index in [0.717, 1.165) is 43.5 Å². The quantitative estimate of drug-likeness (QED) is 0.837. The third-order valence-electron chi connectivity index (χ3n) is 6.56. The molecule has 0 unspecified atom stereocenters. The number of carbonyl (C=O) groups is 2. The second kappa shape index (κ2) is 8.13. The summed E-state index contributed by atoms with van der Waals surface area (Å²) in [4.78, 5) is 29.6. The normalized spacial score (nSPS) is 23.8. The summed E-state index contributed by atoms with van der Waals surface area (Å²) in [6, 6.07) is 9.54. The number of nitrogens with one attached hydrogen (secondary N) is 1. The fraction of sp³-hybridized carbons (Fsp3) is 0.522. The Morgan fingerprint density at radius 3 is 2.83 bits per heavy atom. The summed E-state index contributed by atoms with van der Waals surface area (Å²) in [5.74, 6) is 0.789. The molecule has 3 heterocycles. The molecule has 30 heavy (non-hydrogen) atoms. The fourth-order valence-electron chi connectivity index (χ4n) is 5.19. The Labute approximate surface area is 177 Å². The molecule has 0 saturated carbocycles. The molecule has 2 atom stereocenters. The summed E-state index contributed by atoms with van der Waals surface area (Å²) in [5, 5.41) is 7.33. The van der Waals surface area contributed by atoms with Gasteiger partial charge in [-0.05, 0) is 57.7 Å². The van der Waals surface area contributed by atoms with Crippen LogP contribution in [0.25, 0.3) is 11.3 Å². The standard InChI is InChI=1S/C23H30N4O3/c1-4-30-20-10-6-5-9-17(20)18-15-19(25-24-18)22(29)26-13-8-12-23(3)21(26)11-7-14-27(23)16(2)28/h5-6,9-10,15,21H,4,7-8,11-14H2,1-3H3,(H,24,25)/t21-,23-/m0/s1. The van der Waals surface area contributed by atoms with Crippen molar-refractivity contribution < 1.29 is 14.3 Å². The van der Waals surface area contributed by atoms with E-state index in [2.05, 4.69) is 17.1 Å². The molecule has 1 aromatic heterocycles. The first kappa shape index (κ1) is 20.4. The molecule has 2 fully saturated rings. The lowest BCUT2D eigenvalue weighted by Gasteiger charge is -2.56. The van der Waals surface area contributed by atoms with E-state index in [9.17, 15) is 9.59 Å². The van der Waals surface area contributed by atoms with Crippen LogP contribution in [0, 0.1) is 0 Å². The Hall–Kier alpha value is -2.83. The van der Waals surface area contributed by atoms with Gasteiger partial charge in [-0.15, -0.1) is 0 Å². The van der Waals surface area contributed by atoms with Crippen molar-refractivity contribution in [1.29, 1.82) is 0 Å². The topological polar surface area (TPSA) is 78.5 Å². The Balaban J connectivity index is 1.61. The minimum Gasteiger partial charge on any atom is -0.493 e. The maximum Gasteiger partial charge on any atom is 0.272 e.